The van der Waals surface area contributed by atoms with Gasteiger partial charge in [-0.05, 0) is 25.5 Å². The maximum Gasteiger partial charge on any atom is 0.250 e. The monoisotopic (exact) mass is 303 g/mol. The number of rotatable bonds is 4. The van der Waals surface area contributed by atoms with Crippen LogP contribution in [0.15, 0.2) is 6.07 Å². The standard InChI is InChI=1S/C12H15Cl2N3O2/c1-7-3-8(13)16-11(14)10(7)17-9(18)4-19-12(2)5-15-6-12/h3,15H,4-6H2,1-2H3,(H,17,18). The van der Waals surface area contributed by atoms with Crippen molar-refractivity contribution >= 4 is 34.8 Å². The van der Waals surface area contributed by atoms with Crippen molar-refractivity contribution in [2.75, 3.05) is 25.0 Å². The van der Waals surface area contributed by atoms with E-state index in [1.165, 1.54) is 0 Å². The lowest BCUT2D eigenvalue weighted by Gasteiger charge is -2.38. The lowest BCUT2D eigenvalue weighted by Crippen LogP contribution is -2.59. The van der Waals surface area contributed by atoms with Crippen molar-refractivity contribution in [3.05, 3.63) is 21.9 Å². The van der Waals surface area contributed by atoms with E-state index in [1.807, 2.05) is 6.92 Å². The minimum absolute atomic E-state index is 0.0173. The van der Waals surface area contributed by atoms with Crippen molar-refractivity contribution in [3.8, 4) is 0 Å². The number of nitrogens with one attached hydrogen (secondary N) is 2. The van der Waals surface area contributed by atoms with Crippen LogP contribution in [0.4, 0.5) is 5.69 Å². The molecule has 2 rings (SSSR count). The highest BCUT2D eigenvalue weighted by molar-refractivity contribution is 6.34. The highest BCUT2D eigenvalue weighted by atomic mass is 35.5. The molecule has 0 atom stereocenters. The Balaban J connectivity index is 1.95. The molecular weight excluding hydrogens is 289 g/mol. The zero-order valence-corrected chi connectivity index (χ0v) is 12.2. The first kappa shape index (κ1) is 14.5. The van der Waals surface area contributed by atoms with Gasteiger partial charge in [-0.3, -0.25) is 4.79 Å². The smallest absolute Gasteiger partial charge is 0.250 e. The Morgan fingerprint density at radius 2 is 2.26 bits per heavy atom. The van der Waals surface area contributed by atoms with Crippen molar-refractivity contribution in [1.82, 2.24) is 10.3 Å². The van der Waals surface area contributed by atoms with Gasteiger partial charge in [0.05, 0.1) is 11.3 Å². The van der Waals surface area contributed by atoms with Crippen molar-refractivity contribution in [2.24, 2.45) is 0 Å². The summed E-state index contributed by atoms with van der Waals surface area (Å²) >= 11 is 11.7. The maximum atomic E-state index is 11.8. The van der Waals surface area contributed by atoms with E-state index in [0.29, 0.717) is 10.8 Å². The zero-order valence-electron chi connectivity index (χ0n) is 10.7. The average Bonchev–Trinajstić information content (AvgIpc) is 2.28. The van der Waals surface area contributed by atoms with Gasteiger partial charge in [0.1, 0.15) is 11.8 Å². The van der Waals surface area contributed by atoms with E-state index < -0.39 is 0 Å². The quantitative estimate of drug-likeness (QED) is 0.835. The number of amides is 1. The molecule has 1 aromatic rings. The minimum atomic E-state index is -0.262. The third kappa shape index (κ3) is 3.57. The molecule has 1 saturated heterocycles. The van der Waals surface area contributed by atoms with Crippen LogP contribution in [-0.2, 0) is 9.53 Å². The van der Waals surface area contributed by atoms with Crippen LogP contribution in [0.1, 0.15) is 12.5 Å². The van der Waals surface area contributed by atoms with E-state index in [1.54, 1.807) is 13.0 Å². The number of hydrogen-bond acceptors (Lipinski definition) is 4. The molecule has 104 valence electrons. The number of carbonyl (C=O) groups excluding carboxylic acids is 1. The normalized spacial score (nSPS) is 16.8. The fourth-order valence-electron chi connectivity index (χ4n) is 1.74. The first-order chi connectivity index (χ1) is 8.89. The molecule has 0 radical (unpaired) electrons. The lowest BCUT2D eigenvalue weighted by atomic mass is 10.0. The summed E-state index contributed by atoms with van der Waals surface area (Å²) in [7, 11) is 0. The third-order valence-corrected chi connectivity index (χ3v) is 3.42. The molecule has 5 nitrogen and oxygen atoms in total. The number of pyridine rings is 1. The Morgan fingerprint density at radius 1 is 1.58 bits per heavy atom. The van der Waals surface area contributed by atoms with Gasteiger partial charge >= 0.3 is 0 Å². The van der Waals surface area contributed by atoms with E-state index in [4.69, 9.17) is 27.9 Å². The van der Waals surface area contributed by atoms with E-state index in [2.05, 4.69) is 15.6 Å². The second kappa shape index (κ2) is 5.63. The van der Waals surface area contributed by atoms with Gasteiger partial charge in [0.15, 0.2) is 5.15 Å². The van der Waals surface area contributed by atoms with Crippen LogP contribution < -0.4 is 10.6 Å². The maximum absolute atomic E-state index is 11.8. The van der Waals surface area contributed by atoms with Gasteiger partial charge in [-0.2, -0.15) is 0 Å². The molecule has 1 fully saturated rings. The molecule has 1 aliphatic rings. The number of ether oxygens (including phenoxy) is 1. The van der Waals surface area contributed by atoms with Crippen LogP contribution in [0.25, 0.3) is 0 Å². The van der Waals surface area contributed by atoms with Crippen molar-refractivity contribution < 1.29 is 9.53 Å². The molecule has 2 heterocycles. The first-order valence-electron chi connectivity index (χ1n) is 5.87. The Bertz CT molecular complexity index is 481. The van der Waals surface area contributed by atoms with E-state index in [0.717, 1.165) is 18.7 Å². The van der Waals surface area contributed by atoms with Gasteiger partial charge in [0.25, 0.3) is 0 Å². The van der Waals surface area contributed by atoms with Crippen molar-refractivity contribution in [3.63, 3.8) is 0 Å². The lowest BCUT2D eigenvalue weighted by molar-refractivity contribution is -0.130. The molecule has 7 heteroatoms. The SMILES string of the molecule is Cc1cc(Cl)nc(Cl)c1NC(=O)COC1(C)CNC1. The van der Waals surface area contributed by atoms with E-state index in [-0.39, 0.29) is 23.3 Å². The predicted octanol–water partition coefficient (Wildman–Crippen LogP) is 2.01. The predicted molar refractivity (Wildman–Crippen MR) is 74.9 cm³/mol. The Kier molecular flexibility index (Phi) is 4.30. The number of aryl methyl sites for hydroxylation is 1. The van der Waals surface area contributed by atoms with Crippen LogP contribution in [0.5, 0.6) is 0 Å². The molecule has 19 heavy (non-hydrogen) atoms. The summed E-state index contributed by atoms with van der Waals surface area (Å²) in [6.45, 7) is 5.24. The molecular formula is C12H15Cl2N3O2. The average molecular weight is 304 g/mol. The highest BCUT2D eigenvalue weighted by Gasteiger charge is 2.33. The van der Waals surface area contributed by atoms with Gasteiger partial charge in [-0.1, -0.05) is 23.2 Å². The zero-order chi connectivity index (χ0) is 14.0. The number of anilines is 1. The number of halogens is 2. The van der Waals surface area contributed by atoms with Crippen LogP contribution in [0.2, 0.25) is 10.3 Å². The summed E-state index contributed by atoms with van der Waals surface area (Å²) in [6.07, 6.45) is 0. The number of aromatic nitrogens is 1. The van der Waals surface area contributed by atoms with Crippen molar-refractivity contribution in [1.29, 1.82) is 0 Å². The Hall–Kier alpha value is -0.880. The number of nitrogens with zero attached hydrogens (tertiary/aromatic N) is 1. The molecule has 0 aromatic carbocycles. The van der Waals surface area contributed by atoms with Gasteiger partial charge in [-0.25, -0.2) is 4.98 Å². The largest absolute Gasteiger partial charge is 0.363 e. The number of hydrogen-bond donors (Lipinski definition) is 2. The summed E-state index contributed by atoms with van der Waals surface area (Å²) < 4.78 is 5.54. The molecule has 2 N–H and O–H groups in total. The topological polar surface area (TPSA) is 63.2 Å². The summed E-state index contributed by atoms with van der Waals surface area (Å²) in [6, 6.07) is 1.64. The highest BCUT2D eigenvalue weighted by Crippen LogP contribution is 2.26. The summed E-state index contributed by atoms with van der Waals surface area (Å²) in [4.78, 5) is 15.7. The second-order valence-corrected chi connectivity index (χ2v) is 5.56. The molecule has 0 unspecified atom stereocenters. The molecule has 0 spiro atoms. The Labute approximate surface area is 121 Å². The van der Waals surface area contributed by atoms with Gasteiger partial charge in [0.2, 0.25) is 5.91 Å². The molecule has 1 aromatic heterocycles. The third-order valence-electron chi connectivity index (χ3n) is 2.96. The van der Waals surface area contributed by atoms with Crippen LogP contribution >= 0.6 is 23.2 Å². The van der Waals surface area contributed by atoms with E-state index in [9.17, 15) is 4.79 Å². The van der Waals surface area contributed by atoms with Gasteiger partial charge in [0, 0.05) is 13.1 Å². The first-order valence-corrected chi connectivity index (χ1v) is 6.62. The van der Waals surface area contributed by atoms with Gasteiger partial charge < -0.3 is 15.4 Å². The summed E-state index contributed by atoms with van der Waals surface area (Å²) in [5, 5.41) is 6.26. The molecule has 0 aliphatic carbocycles. The van der Waals surface area contributed by atoms with Crippen LogP contribution in [0.3, 0.4) is 0 Å². The molecule has 0 saturated carbocycles. The van der Waals surface area contributed by atoms with Crippen molar-refractivity contribution in [2.45, 2.75) is 19.4 Å². The molecule has 1 aliphatic heterocycles. The summed E-state index contributed by atoms with van der Waals surface area (Å²) in [5.74, 6) is -0.262. The van der Waals surface area contributed by atoms with Crippen LogP contribution in [-0.4, -0.2) is 36.2 Å². The fraction of sp³-hybridized carbons (Fsp3) is 0.500. The second-order valence-electron chi connectivity index (χ2n) is 4.82. The minimum Gasteiger partial charge on any atom is -0.363 e. The van der Waals surface area contributed by atoms with E-state index >= 15 is 0 Å². The molecule has 1 amide bonds. The number of carbonyl (C=O) groups is 1. The Morgan fingerprint density at radius 3 is 2.79 bits per heavy atom. The summed E-state index contributed by atoms with van der Waals surface area (Å²) in [5.41, 5.74) is 0.973. The van der Waals surface area contributed by atoms with Crippen LogP contribution in [0, 0.1) is 6.92 Å². The molecule has 0 bridgehead atoms. The fourth-order valence-corrected chi connectivity index (χ4v) is 2.32. The van der Waals surface area contributed by atoms with Gasteiger partial charge in [-0.15, -0.1) is 0 Å².